The lowest BCUT2D eigenvalue weighted by Crippen LogP contribution is -2.03. The number of hydrogen-bond acceptors (Lipinski definition) is 5. The number of methoxy groups -OCH3 is 1. The monoisotopic (exact) mass is 251 g/mol. The van der Waals surface area contributed by atoms with Gasteiger partial charge in [-0.2, -0.15) is 0 Å². The first-order valence-corrected chi connectivity index (χ1v) is 5.88. The Morgan fingerprint density at radius 3 is 2.76 bits per heavy atom. The average Bonchev–Trinajstić information content (AvgIpc) is 2.39. The molecule has 0 aliphatic heterocycles. The highest BCUT2D eigenvalue weighted by Gasteiger charge is 2.06. The van der Waals surface area contributed by atoms with Gasteiger partial charge in [0.1, 0.15) is 5.04 Å². The molecule has 1 rings (SSSR count). The Hall–Kier alpha value is -1.75. The number of thioether (sulfide) groups is 1. The maximum absolute atomic E-state index is 10.8. The van der Waals surface area contributed by atoms with Crippen LogP contribution in [0.5, 0.6) is 0 Å². The lowest BCUT2D eigenvalue weighted by Gasteiger charge is -2.03. The fourth-order valence-electron chi connectivity index (χ4n) is 0.997. The molecule has 0 spiro atoms. The highest BCUT2D eigenvalue weighted by Crippen LogP contribution is 2.14. The second-order valence-electron chi connectivity index (χ2n) is 2.91. The summed E-state index contributed by atoms with van der Waals surface area (Å²) >= 11 is 1.43. The van der Waals surface area contributed by atoms with E-state index in [1.165, 1.54) is 18.9 Å². The lowest BCUT2D eigenvalue weighted by molar-refractivity contribution is 0.0757. The van der Waals surface area contributed by atoms with Crippen LogP contribution in [0.3, 0.4) is 0 Å². The van der Waals surface area contributed by atoms with E-state index in [2.05, 4.69) is 21.3 Å². The molecular formula is C12H13NO3S. The molecule has 0 aromatic heterocycles. The van der Waals surface area contributed by atoms with E-state index in [4.69, 9.17) is 0 Å². The van der Waals surface area contributed by atoms with Crippen molar-refractivity contribution in [2.24, 2.45) is 5.16 Å². The Balaban J connectivity index is 2.80. The number of oxime groups is 1. The van der Waals surface area contributed by atoms with Crippen molar-refractivity contribution in [1.29, 1.82) is 0 Å². The van der Waals surface area contributed by atoms with Gasteiger partial charge < -0.3 is 4.74 Å². The van der Waals surface area contributed by atoms with Crippen LogP contribution < -0.4 is 0 Å². The summed E-state index contributed by atoms with van der Waals surface area (Å²) in [6.45, 7) is 3.63. The van der Waals surface area contributed by atoms with E-state index in [9.17, 15) is 4.79 Å². The molecule has 0 amide bonds. The Morgan fingerprint density at radius 2 is 2.18 bits per heavy atom. The first kappa shape index (κ1) is 13.3. The third-order valence-corrected chi connectivity index (χ3v) is 2.71. The van der Waals surface area contributed by atoms with Gasteiger partial charge in [0.15, 0.2) is 0 Å². The minimum absolute atomic E-state index is 0.607. The molecule has 0 saturated carbocycles. The van der Waals surface area contributed by atoms with Crippen molar-refractivity contribution in [2.75, 3.05) is 12.9 Å². The second-order valence-corrected chi connectivity index (χ2v) is 3.92. The van der Waals surface area contributed by atoms with Crippen LogP contribution in [0.25, 0.3) is 0 Å². The summed E-state index contributed by atoms with van der Waals surface area (Å²) in [7, 11) is 1.23. The number of rotatable bonds is 4. The SMILES string of the molecule is C=CCS/C(=N/OC(=O)OC)c1ccccc1. The predicted octanol–water partition coefficient (Wildman–Crippen LogP) is 3.05. The van der Waals surface area contributed by atoms with Crippen LogP contribution in [0.15, 0.2) is 48.1 Å². The number of hydrogen-bond donors (Lipinski definition) is 0. The summed E-state index contributed by atoms with van der Waals surface area (Å²) in [6, 6.07) is 9.44. The van der Waals surface area contributed by atoms with Gasteiger partial charge in [-0.25, -0.2) is 4.79 Å². The summed E-state index contributed by atoms with van der Waals surface area (Å²) in [5.41, 5.74) is 0.878. The van der Waals surface area contributed by atoms with Crippen molar-refractivity contribution in [3.63, 3.8) is 0 Å². The molecule has 0 radical (unpaired) electrons. The van der Waals surface area contributed by atoms with Gasteiger partial charge >= 0.3 is 6.16 Å². The van der Waals surface area contributed by atoms with Crippen LogP contribution in [-0.4, -0.2) is 24.1 Å². The average molecular weight is 251 g/mol. The Kier molecular flexibility index (Phi) is 5.88. The summed E-state index contributed by atoms with van der Waals surface area (Å²) in [6.07, 6.45) is 0.916. The summed E-state index contributed by atoms with van der Waals surface area (Å²) in [5, 5.41) is 4.37. The van der Waals surface area contributed by atoms with Gasteiger partial charge in [-0.3, -0.25) is 4.84 Å². The fraction of sp³-hybridized carbons (Fsp3) is 0.167. The van der Waals surface area contributed by atoms with Crippen molar-refractivity contribution in [3.8, 4) is 0 Å². The normalized spacial score (nSPS) is 10.8. The molecule has 4 nitrogen and oxygen atoms in total. The Bertz CT molecular complexity index is 403. The van der Waals surface area contributed by atoms with Crippen LogP contribution in [-0.2, 0) is 9.57 Å². The van der Waals surface area contributed by atoms with Gasteiger partial charge in [0.05, 0.1) is 7.11 Å². The van der Waals surface area contributed by atoms with Gasteiger partial charge in [-0.1, -0.05) is 53.3 Å². The van der Waals surface area contributed by atoms with Gasteiger partial charge in [-0.15, -0.1) is 6.58 Å². The van der Waals surface area contributed by atoms with E-state index in [-0.39, 0.29) is 0 Å². The standard InChI is InChI=1S/C12H13NO3S/c1-3-9-17-11(13-16-12(14)15-2)10-7-5-4-6-8-10/h3-8H,1,9H2,2H3/b13-11+. The summed E-state index contributed by atoms with van der Waals surface area (Å²) < 4.78 is 4.34. The maximum atomic E-state index is 10.8. The van der Waals surface area contributed by atoms with E-state index >= 15 is 0 Å². The molecule has 90 valence electrons. The van der Waals surface area contributed by atoms with Crippen LogP contribution in [0.2, 0.25) is 0 Å². The Morgan fingerprint density at radius 1 is 1.47 bits per heavy atom. The predicted molar refractivity (Wildman–Crippen MR) is 69.1 cm³/mol. The molecule has 0 aliphatic carbocycles. The molecule has 1 aromatic carbocycles. The number of benzene rings is 1. The third-order valence-electron chi connectivity index (χ3n) is 1.73. The molecule has 0 saturated heterocycles. The molecule has 0 bridgehead atoms. The second kappa shape index (κ2) is 7.51. The molecule has 0 N–H and O–H groups in total. The van der Waals surface area contributed by atoms with Gasteiger partial charge in [0.2, 0.25) is 0 Å². The first-order chi connectivity index (χ1) is 8.27. The fourth-order valence-corrected chi connectivity index (χ4v) is 1.67. The van der Waals surface area contributed by atoms with Gasteiger partial charge in [0.25, 0.3) is 0 Å². The lowest BCUT2D eigenvalue weighted by atomic mass is 10.2. The zero-order valence-electron chi connectivity index (χ0n) is 9.46. The van der Waals surface area contributed by atoms with E-state index in [0.717, 1.165) is 5.56 Å². The topological polar surface area (TPSA) is 47.9 Å². The number of carbonyl (C=O) groups is 1. The molecule has 0 fully saturated rings. The zero-order chi connectivity index (χ0) is 12.5. The third kappa shape index (κ3) is 4.74. The highest BCUT2D eigenvalue weighted by molar-refractivity contribution is 8.14. The number of carbonyl (C=O) groups excluding carboxylic acids is 1. The van der Waals surface area contributed by atoms with Crippen molar-refractivity contribution in [2.45, 2.75) is 0 Å². The van der Waals surface area contributed by atoms with Gasteiger partial charge in [0, 0.05) is 11.3 Å². The largest absolute Gasteiger partial charge is 0.534 e. The van der Waals surface area contributed by atoms with Crippen LogP contribution in [0.4, 0.5) is 4.79 Å². The Labute approximate surface area is 104 Å². The van der Waals surface area contributed by atoms with E-state index < -0.39 is 6.16 Å². The smallest absolute Gasteiger partial charge is 0.436 e. The molecule has 0 atom stereocenters. The zero-order valence-corrected chi connectivity index (χ0v) is 10.3. The number of ether oxygens (including phenoxy) is 1. The minimum Gasteiger partial charge on any atom is -0.436 e. The van der Waals surface area contributed by atoms with Crippen LogP contribution in [0.1, 0.15) is 5.56 Å². The van der Waals surface area contributed by atoms with E-state index in [1.54, 1.807) is 6.08 Å². The van der Waals surface area contributed by atoms with E-state index in [0.29, 0.717) is 10.8 Å². The quantitative estimate of drug-likeness (QED) is 0.206. The van der Waals surface area contributed by atoms with Crippen LogP contribution >= 0.6 is 11.8 Å². The van der Waals surface area contributed by atoms with Crippen molar-refractivity contribution < 1.29 is 14.4 Å². The molecule has 1 aromatic rings. The molecular weight excluding hydrogens is 238 g/mol. The summed E-state index contributed by atoms with van der Waals surface area (Å²) in [4.78, 5) is 15.4. The number of nitrogens with zero attached hydrogens (tertiary/aromatic N) is 1. The highest BCUT2D eigenvalue weighted by atomic mass is 32.2. The molecule has 0 aliphatic rings. The van der Waals surface area contributed by atoms with Crippen molar-refractivity contribution in [1.82, 2.24) is 0 Å². The molecule has 17 heavy (non-hydrogen) atoms. The molecule has 0 unspecified atom stereocenters. The summed E-state index contributed by atoms with van der Waals surface area (Å²) in [5.74, 6) is 0.679. The maximum Gasteiger partial charge on any atom is 0.534 e. The minimum atomic E-state index is -0.836. The van der Waals surface area contributed by atoms with Crippen molar-refractivity contribution in [3.05, 3.63) is 48.6 Å². The first-order valence-electron chi connectivity index (χ1n) is 4.90. The molecule has 5 heteroatoms. The van der Waals surface area contributed by atoms with Crippen molar-refractivity contribution >= 4 is 23.0 Å². The molecule has 0 heterocycles. The van der Waals surface area contributed by atoms with Crippen LogP contribution in [0, 0.1) is 0 Å². The van der Waals surface area contributed by atoms with E-state index in [1.807, 2.05) is 30.3 Å². The van der Waals surface area contributed by atoms with Gasteiger partial charge in [-0.05, 0) is 0 Å².